The predicted octanol–water partition coefficient (Wildman–Crippen LogP) is 0.655. The van der Waals surface area contributed by atoms with Crippen LogP contribution in [-0.2, 0) is 47.6 Å². The first-order valence-electron chi connectivity index (χ1n) is 9.25. The molecule has 10 nitrogen and oxygen atoms in total. The third-order valence-corrected chi connectivity index (χ3v) is 3.42. The summed E-state index contributed by atoms with van der Waals surface area (Å²) in [6, 6.07) is 0. The molecular formula is C20H26O10. The van der Waals surface area contributed by atoms with Crippen molar-refractivity contribution in [3.05, 3.63) is 35.5 Å². The molecular weight excluding hydrogens is 400 g/mol. The maximum absolute atomic E-state index is 11.8. The molecule has 10 heteroatoms. The van der Waals surface area contributed by atoms with Gasteiger partial charge in [-0.2, -0.15) is 0 Å². The lowest BCUT2D eigenvalue weighted by atomic mass is 10.3. The van der Waals surface area contributed by atoms with Crippen LogP contribution < -0.4 is 0 Å². The van der Waals surface area contributed by atoms with Crippen LogP contribution in [0.15, 0.2) is 35.5 Å². The molecule has 1 aliphatic heterocycles. The molecule has 0 fully saturated rings. The van der Waals surface area contributed by atoms with Gasteiger partial charge in [-0.25, -0.2) is 19.2 Å². The summed E-state index contributed by atoms with van der Waals surface area (Å²) in [6.45, 7) is 3.56. The van der Waals surface area contributed by atoms with Crippen LogP contribution in [0, 0.1) is 0 Å². The highest BCUT2D eigenvalue weighted by Crippen LogP contribution is 2.00. The fourth-order valence-electron chi connectivity index (χ4n) is 1.89. The first kappa shape index (κ1) is 25.1. The molecule has 0 aromatic carbocycles. The van der Waals surface area contributed by atoms with Crippen LogP contribution in [0.3, 0.4) is 0 Å². The minimum atomic E-state index is -0.716. The average Bonchev–Trinajstić information content (AvgIpc) is 2.70. The number of ether oxygens (including phenoxy) is 6. The Morgan fingerprint density at radius 3 is 1.60 bits per heavy atom. The fraction of sp³-hybridized carbons (Fsp3) is 0.500. The molecule has 1 heterocycles. The lowest BCUT2D eigenvalue weighted by Gasteiger charge is -2.08. The van der Waals surface area contributed by atoms with Crippen LogP contribution in [-0.4, -0.2) is 76.7 Å². The van der Waals surface area contributed by atoms with E-state index in [-0.39, 0.29) is 64.0 Å². The van der Waals surface area contributed by atoms with Gasteiger partial charge in [-0.3, -0.25) is 0 Å². The highest BCUT2D eigenvalue weighted by Gasteiger charge is 2.10. The molecule has 0 aliphatic carbocycles. The summed E-state index contributed by atoms with van der Waals surface area (Å²) in [5, 5.41) is 0. The predicted molar refractivity (Wildman–Crippen MR) is 102 cm³/mol. The molecule has 0 aromatic rings. The zero-order valence-corrected chi connectivity index (χ0v) is 17.0. The summed E-state index contributed by atoms with van der Waals surface area (Å²) in [6.07, 6.45) is 5.00. The summed E-state index contributed by atoms with van der Waals surface area (Å²) in [5.74, 6) is -2.75. The number of rotatable bonds is 0. The van der Waals surface area contributed by atoms with Crippen molar-refractivity contribution in [2.75, 3.05) is 52.9 Å². The van der Waals surface area contributed by atoms with Crippen LogP contribution in [0.4, 0.5) is 0 Å². The Morgan fingerprint density at radius 2 is 1.00 bits per heavy atom. The fourth-order valence-corrected chi connectivity index (χ4v) is 1.89. The third-order valence-electron chi connectivity index (χ3n) is 3.42. The Kier molecular flexibility index (Phi) is 12.5. The van der Waals surface area contributed by atoms with Crippen LogP contribution in [0.1, 0.15) is 13.8 Å². The van der Waals surface area contributed by atoms with Gasteiger partial charge >= 0.3 is 23.9 Å². The first-order valence-corrected chi connectivity index (χ1v) is 9.25. The topological polar surface area (TPSA) is 124 Å². The van der Waals surface area contributed by atoms with E-state index in [4.69, 9.17) is 28.4 Å². The second-order valence-corrected chi connectivity index (χ2v) is 5.88. The molecule has 0 amide bonds. The zero-order chi connectivity index (χ0) is 22.2. The van der Waals surface area contributed by atoms with Crippen molar-refractivity contribution in [1.29, 1.82) is 0 Å². The Morgan fingerprint density at radius 1 is 0.567 bits per heavy atom. The number of carbonyl (C=O) groups excluding carboxylic acids is 4. The van der Waals surface area contributed by atoms with Gasteiger partial charge in [-0.1, -0.05) is 0 Å². The Hall–Kier alpha value is -2.98. The lowest BCUT2D eigenvalue weighted by molar-refractivity contribution is -0.142. The monoisotopic (exact) mass is 426 g/mol. The van der Waals surface area contributed by atoms with Gasteiger partial charge in [-0.05, 0) is 26.0 Å². The number of carbonyl (C=O) groups is 4. The summed E-state index contributed by atoms with van der Waals surface area (Å²) < 4.78 is 30.2. The van der Waals surface area contributed by atoms with E-state index < -0.39 is 23.9 Å². The number of cyclic esters (lactones) is 4. The first-order chi connectivity index (χ1) is 14.4. The molecule has 0 spiro atoms. The van der Waals surface area contributed by atoms with E-state index in [0.29, 0.717) is 0 Å². The van der Waals surface area contributed by atoms with Crippen molar-refractivity contribution in [2.24, 2.45) is 0 Å². The largest absolute Gasteiger partial charge is 0.460 e. The van der Waals surface area contributed by atoms with Crippen molar-refractivity contribution in [3.8, 4) is 0 Å². The summed E-state index contributed by atoms with van der Waals surface area (Å²) in [5.41, 5.74) is 0.170. The Labute approximate surface area is 174 Å². The minimum absolute atomic E-state index is 0.0162. The molecule has 166 valence electrons. The standard InChI is InChI=1S/C20H26O10/c1-15-14-18(22)28-11-9-25-7-8-26-10-12-30-20(24)16(2)13-17(21)27-5-3-4-6-29-19(15)23/h3-4,13-14H,5-12H2,1-2H3/b4-3+,15-14-,16-13-. The Bertz CT molecular complexity index is 690. The van der Waals surface area contributed by atoms with Crippen molar-refractivity contribution < 1.29 is 47.6 Å². The normalized spacial score (nSPS) is 24.5. The second-order valence-electron chi connectivity index (χ2n) is 5.88. The van der Waals surface area contributed by atoms with E-state index in [1.165, 1.54) is 26.0 Å². The van der Waals surface area contributed by atoms with Crippen molar-refractivity contribution in [3.63, 3.8) is 0 Å². The third kappa shape index (κ3) is 11.8. The molecule has 0 N–H and O–H groups in total. The molecule has 0 unspecified atom stereocenters. The number of hydrogen-bond acceptors (Lipinski definition) is 10. The number of esters is 4. The molecule has 0 aromatic heterocycles. The minimum Gasteiger partial charge on any atom is -0.460 e. The lowest BCUT2D eigenvalue weighted by Crippen LogP contribution is -2.16. The molecule has 0 atom stereocenters. The smallest absolute Gasteiger partial charge is 0.334 e. The van der Waals surface area contributed by atoms with Crippen LogP contribution in [0.2, 0.25) is 0 Å². The summed E-state index contributed by atoms with van der Waals surface area (Å²) in [4.78, 5) is 46.8. The molecule has 1 rings (SSSR count). The molecule has 0 bridgehead atoms. The van der Waals surface area contributed by atoms with Gasteiger partial charge < -0.3 is 28.4 Å². The molecule has 0 radical (unpaired) electrons. The van der Waals surface area contributed by atoms with Gasteiger partial charge in [0, 0.05) is 23.3 Å². The molecule has 30 heavy (non-hydrogen) atoms. The molecule has 1 aliphatic rings. The van der Waals surface area contributed by atoms with Gasteiger partial charge in [0.25, 0.3) is 0 Å². The van der Waals surface area contributed by atoms with E-state index in [9.17, 15) is 19.2 Å². The van der Waals surface area contributed by atoms with E-state index in [0.717, 1.165) is 12.2 Å². The SMILES string of the molecule is C/C1=C/C(=O)OCCOCCOCCOC(=O)/C(C)=C\C(=O)OC/C=C/COC1=O. The van der Waals surface area contributed by atoms with Crippen LogP contribution in [0.5, 0.6) is 0 Å². The van der Waals surface area contributed by atoms with Gasteiger partial charge in [0.15, 0.2) is 0 Å². The quantitative estimate of drug-likeness (QED) is 0.310. The van der Waals surface area contributed by atoms with Gasteiger partial charge in [0.05, 0.1) is 26.4 Å². The van der Waals surface area contributed by atoms with E-state index in [1.54, 1.807) is 0 Å². The van der Waals surface area contributed by atoms with E-state index in [2.05, 4.69) is 0 Å². The van der Waals surface area contributed by atoms with Crippen LogP contribution >= 0.6 is 0 Å². The van der Waals surface area contributed by atoms with Crippen molar-refractivity contribution in [2.45, 2.75) is 13.8 Å². The van der Waals surface area contributed by atoms with Crippen molar-refractivity contribution in [1.82, 2.24) is 0 Å². The summed E-state index contributed by atoms with van der Waals surface area (Å²) in [7, 11) is 0. The summed E-state index contributed by atoms with van der Waals surface area (Å²) >= 11 is 0. The van der Waals surface area contributed by atoms with Gasteiger partial charge in [-0.15, -0.1) is 0 Å². The zero-order valence-electron chi connectivity index (χ0n) is 17.0. The highest BCUT2D eigenvalue weighted by atomic mass is 16.6. The number of hydrogen-bond donors (Lipinski definition) is 0. The van der Waals surface area contributed by atoms with Gasteiger partial charge in [0.2, 0.25) is 0 Å². The van der Waals surface area contributed by atoms with E-state index >= 15 is 0 Å². The van der Waals surface area contributed by atoms with Crippen molar-refractivity contribution >= 4 is 23.9 Å². The Balaban J connectivity index is 2.61. The highest BCUT2D eigenvalue weighted by molar-refractivity contribution is 5.96. The van der Waals surface area contributed by atoms with Gasteiger partial charge in [0.1, 0.15) is 26.4 Å². The maximum atomic E-state index is 11.8. The maximum Gasteiger partial charge on any atom is 0.334 e. The second kappa shape index (κ2) is 14.9. The molecule has 0 saturated heterocycles. The van der Waals surface area contributed by atoms with E-state index in [1.807, 2.05) is 0 Å². The average molecular weight is 426 g/mol. The molecule has 0 saturated carbocycles. The van der Waals surface area contributed by atoms with Crippen LogP contribution in [0.25, 0.3) is 0 Å².